The number of rotatable bonds is 2. The van der Waals surface area contributed by atoms with Crippen LogP contribution in [0.15, 0.2) is 54.6 Å². The first-order valence-electron chi connectivity index (χ1n) is 6.55. The number of benzene rings is 2. The molecule has 0 aliphatic carbocycles. The Kier molecular flexibility index (Phi) is 2.97. The van der Waals surface area contributed by atoms with E-state index in [1.54, 1.807) is 0 Å². The summed E-state index contributed by atoms with van der Waals surface area (Å²) in [7, 11) is 0. The molecule has 0 saturated carbocycles. The second-order valence-electron chi connectivity index (χ2n) is 4.90. The zero-order valence-electron chi connectivity index (χ0n) is 10.8. The van der Waals surface area contributed by atoms with Crippen LogP contribution in [0, 0.1) is 0 Å². The third-order valence-corrected chi connectivity index (χ3v) is 3.75. The standard InChI is InChI=1S/C17H18N/c1-14-17-10-6-5-9-16(17)11-12-18(14)13-15-7-3-2-4-8-15/h2-10H,11-13H2,1H3/q+1. The molecule has 1 nitrogen and oxygen atoms in total. The third-order valence-electron chi connectivity index (χ3n) is 3.75. The Morgan fingerprint density at radius 3 is 2.50 bits per heavy atom. The molecule has 2 aromatic carbocycles. The lowest BCUT2D eigenvalue weighted by atomic mass is 9.97. The summed E-state index contributed by atoms with van der Waals surface area (Å²) in [6.07, 6.45) is 1.15. The van der Waals surface area contributed by atoms with Crippen molar-refractivity contribution < 1.29 is 4.58 Å². The molecule has 0 N–H and O–H groups in total. The largest absolute Gasteiger partial charge is 0.229 e. The summed E-state index contributed by atoms with van der Waals surface area (Å²) in [5.41, 5.74) is 5.69. The van der Waals surface area contributed by atoms with E-state index in [0.29, 0.717) is 0 Å². The summed E-state index contributed by atoms with van der Waals surface area (Å²) in [5, 5.41) is 0. The zero-order chi connectivity index (χ0) is 12.4. The maximum atomic E-state index is 2.48. The Morgan fingerprint density at radius 1 is 0.944 bits per heavy atom. The van der Waals surface area contributed by atoms with Gasteiger partial charge in [0, 0.05) is 24.5 Å². The van der Waals surface area contributed by atoms with Crippen molar-refractivity contribution in [3.63, 3.8) is 0 Å². The van der Waals surface area contributed by atoms with Crippen LogP contribution >= 0.6 is 0 Å². The Hall–Kier alpha value is -1.89. The van der Waals surface area contributed by atoms with E-state index in [0.717, 1.165) is 19.5 Å². The van der Waals surface area contributed by atoms with Crippen molar-refractivity contribution in [3.05, 3.63) is 71.3 Å². The van der Waals surface area contributed by atoms with Crippen molar-refractivity contribution in [1.82, 2.24) is 0 Å². The second kappa shape index (κ2) is 4.77. The molecule has 0 atom stereocenters. The molecular weight excluding hydrogens is 218 g/mol. The summed E-state index contributed by atoms with van der Waals surface area (Å²) < 4.78 is 2.48. The van der Waals surface area contributed by atoms with E-state index in [1.165, 1.54) is 22.4 Å². The van der Waals surface area contributed by atoms with E-state index in [2.05, 4.69) is 66.1 Å². The summed E-state index contributed by atoms with van der Waals surface area (Å²) in [4.78, 5) is 0. The van der Waals surface area contributed by atoms with Crippen LogP contribution in [0.2, 0.25) is 0 Å². The maximum absolute atomic E-state index is 2.48. The minimum absolute atomic E-state index is 1.01. The van der Waals surface area contributed by atoms with Crippen molar-refractivity contribution >= 4 is 5.71 Å². The van der Waals surface area contributed by atoms with Gasteiger partial charge in [0.1, 0.15) is 6.54 Å². The zero-order valence-corrected chi connectivity index (χ0v) is 10.8. The molecule has 0 bridgehead atoms. The minimum atomic E-state index is 1.01. The molecule has 0 amide bonds. The molecule has 18 heavy (non-hydrogen) atoms. The van der Waals surface area contributed by atoms with Gasteiger partial charge in [-0.1, -0.05) is 48.5 Å². The van der Waals surface area contributed by atoms with Gasteiger partial charge in [0.05, 0.1) is 0 Å². The van der Waals surface area contributed by atoms with Gasteiger partial charge >= 0.3 is 0 Å². The average molecular weight is 236 g/mol. The van der Waals surface area contributed by atoms with Crippen LogP contribution in [-0.4, -0.2) is 16.8 Å². The predicted octanol–water partition coefficient (Wildman–Crippen LogP) is 3.26. The Balaban J connectivity index is 1.94. The Bertz CT molecular complexity index is 582. The number of hydrogen-bond donors (Lipinski definition) is 0. The second-order valence-corrected chi connectivity index (χ2v) is 4.90. The smallest absolute Gasteiger partial charge is 0.180 e. The van der Waals surface area contributed by atoms with Gasteiger partial charge in [-0.25, -0.2) is 4.58 Å². The fraction of sp³-hybridized carbons (Fsp3) is 0.235. The molecule has 0 unspecified atom stereocenters. The summed E-state index contributed by atoms with van der Waals surface area (Å²) in [6, 6.07) is 19.5. The molecule has 1 heteroatoms. The van der Waals surface area contributed by atoms with Crippen LogP contribution in [0.1, 0.15) is 23.6 Å². The molecule has 0 fully saturated rings. The molecular formula is C17H18N+. The number of hydrogen-bond acceptors (Lipinski definition) is 0. The molecule has 3 rings (SSSR count). The summed E-state index contributed by atoms with van der Waals surface area (Å²) in [5.74, 6) is 0. The topological polar surface area (TPSA) is 3.01 Å². The summed E-state index contributed by atoms with van der Waals surface area (Å²) in [6.45, 7) is 4.37. The van der Waals surface area contributed by atoms with Crippen LogP contribution in [-0.2, 0) is 13.0 Å². The van der Waals surface area contributed by atoms with Gasteiger partial charge in [-0.15, -0.1) is 0 Å². The number of nitrogens with zero attached hydrogens (tertiary/aromatic N) is 1. The van der Waals surface area contributed by atoms with Crippen molar-refractivity contribution in [2.75, 3.05) is 6.54 Å². The summed E-state index contributed by atoms with van der Waals surface area (Å²) >= 11 is 0. The Labute approximate surface area is 108 Å². The molecule has 0 radical (unpaired) electrons. The van der Waals surface area contributed by atoms with E-state index < -0.39 is 0 Å². The monoisotopic (exact) mass is 236 g/mol. The van der Waals surface area contributed by atoms with Crippen molar-refractivity contribution in [2.45, 2.75) is 19.9 Å². The van der Waals surface area contributed by atoms with Crippen molar-refractivity contribution in [3.8, 4) is 0 Å². The molecule has 1 aliphatic heterocycles. The van der Waals surface area contributed by atoms with E-state index in [9.17, 15) is 0 Å². The minimum Gasteiger partial charge on any atom is -0.229 e. The van der Waals surface area contributed by atoms with Gasteiger partial charge in [-0.05, 0) is 11.6 Å². The molecule has 0 saturated heterocycles. The van der Waals surface area contributed by atoms with E-state index >= 15 is 0 Å². The van der Waals surface area contributed by atoms with Gasteiger partial charge in [0.2, 0.25) is 0 Å². The van der Waals surface area contributed by atoms with Gasteiger partial charge in [0.25, 0.3) is 0 Å². The average Bonchev–Trinajstić information content (AvgIpc) is 2.43. The predicted molar refractivity (Wildman–Crippen MR) is 75.2 cm³/mol. The lowest BCUT2D eigenvalue weighted by Gasteiger charge is -2.16. The van der Waals surface area contributed by atoms with Crippen LogP contribution in [0.5, 0.6) is 0 Å². The van der Waals surface area contributed by atoms with E-state index in [-0.39, 0.29) is 0 Å². The van der Waals surface area contributed by atoms with Crippen LogP contribution in [0.25, 0.3) is 0 Å². The van der Waals surface area contributed by atoms with Crippen molar-refractivity contribution in [1.29, 1.82) is 0 Å². The highest BCUT2D eigenvalue weighted by Crippen LogP contribution is 2.16. The van der Waals surface area contributed by atoms with Gasteiger partial charge in [0.15, 0.2) is 12.3 Å². The highest BCUT2D eigenvalue weighted by molar-refractivity contribution is 5.96. The van der Waals surface area contributed by atoms with Crippen LogP contribution in [0.3, 0.4) is 0 Å². The quantitative estimate of drug-likeness (QED) is 0.704. The lowest BCUT2D eigenvalue weighted by molar-refractivity contribution is -0.545. The first-order valence-corrected chi connectivity index (χ1v) is 6.55. The fourth-order valence-electron chi connectivity index (χ4n) is 2.69. The highest BCUT2D eigenvalue weighted by Gasteiger charge is 2.21. The number of fused-ring (bicyclic) bond motifs is 1. The van der Waals surface area contributed by atoms with E-state index in [1.807, 2.05) is 0 Å². The van der Waals surface area contributed by atoms with Gasteiger partial charge < -0.3 is 0 Å². The molecule has 1 aliphatic rings. The lowest BCUT2D eigenvalue weighted by Crippen LogP contribution is -2.27. The maximum Gasteiger partial charge on any atom is 0.180 e. The third kappa shape index (κ3) is 2.08. The molecule has 1 heterocycles. The molecule has 0 aromatic heterocycles. The van der Waals surface area contributed by atoms with E-state index in [4.69, 9.17) is 0 Å². The van der Waals surface area contributed by atoms with Gasteiger partial charge in [-0.2, -0.15) is 0 Å². The van der Waals surface area contributed by atoms with Crippen LogP contribution < -0.4 is 0 Å². The SMILES string of the molecule is CC1=[N+](Cc2ccccc2)CCc2ccccc21. The Morgan fingerprint density at radius 2 is 1.67 bits per heavy atom. The first-order chi connectivity index (χ1) is 8.84. The van der Waals surface area contributed by atoms with Crippen molar-refractivity contribution in [2.24, 2.45) is 0 Å². The normalized spacial score (nSPS) is 14.5. The highest BCUT2D eigenvalue weighted by atomic mass is 15.0. The van der Waals surface area contributed by atoms with Gasteiger partial charge in [-0.3, -0.25) is 0 Å². The van der Waals surface area contributed by atoms with Crippen LogP contribution in [0.4, 0.5) is 0 Å². The molecule has 0 spiro atoms. The first kappa shape index (κ1) is 11.2. The fourth-order valence-corrected chi connectivity index (χ4v) is 2.69. The molecule has 90 valence electrons. The molecule has 2 aromatic rings.